The van der Waals surface area contributed by atoms with Gasteiger partial charge in [-0.1, -0.05) is 12.1 Å². The van der Waals surface area contributed by atoms with E-state index in [1.54, 1.807) is 12.1 Å². The highest BCUT2D eigenvalue weighted by Gasteiger charge is 2.25. The molecule has 25 heavy (non-hydrogen) atoms. The summed E-state index contributed by atoms with van der Waals surface area (Å²) >= 11 is 0. The maximum atomic E-state index is 12.6. The molecule has 3 rings (SSSR count). The largest absolute Gasteiger partial charge is 0.399 e. The summed E-state index contributed by atoms with van der Waals surface area (Å²) in [6.45, 7) is 3.06. The summed E-state index contributed by atoms with van der Waals surface area (Å²) in [7, 11) is 1.90. The summed E-state index contributed by atoms with van der Waals surface area (Å²) in [5.41, 5.74) is 8.22. The molecule has 5 nitrogen and oxygen atoms in total. The number of carbonyl (C=O) groups is 1. The fourth-order valence-corrected chi connectivity index (χ4v) is 3.39. The fourth-order valence-electron chi connectivity index (χ4n) is 3.39. The van der Waals surface area contributed by atoms with Crippen LogP contribution in [0.15, 0.2) is 48.7 Å². The Morgan fingerprint density at radius 2 is 2.04 bits per heavy atom. The number of hydrogen-bond donors (Lipinski definition) is 1. The molecule has 1 fully saturated rings. The first-order valence-corrected chi connectivity index (χ1v) is 8.88. The van der Waals surface area contributed by atoms with Crippen LogP contribution in [-0.2, 0) is 6.42 Å². The number of likely N-dealkylation sites (tertiary alicyclic amines) is 1. The highest BCUT2D eigenvalue weighted by molar-refractivity contribution is 5.95. The van der Waals surface area contributed by atoms with E-state index < -0.39 is 0 Å². The molecule has 1 aliphatic heterocycles. The molecular formula is C20H26N4O. The van der Waals surface area contributed by atoms with Crippen molar-refractivity contribution in [1.82, 2.24) is 14.8 Å². The summed E-state index contributed by atoms with van der Waals surface area (Å²) in [4.78, 5) is 21.4. The van der Waals surface area contributed by atoms with E-state index in [9.17, 15) is 4.79 Å². The van der Waals surface area contributed by atoms with E-state index in [2.05, 4.69) is 16.0 Å². The van der Waals surface area contributed by atoms with Gasteiger partial charge in [-0.3, -0.25) is 9.78 Å². The molecule has 0 atom stereocenters. The number of nitrogen functional groups attached to an aromatic ring is 1. The minimum atomic E-state index is 0.0548. The number of nitrogens with zero attached hydrogens (tertiary/aromatic N) is 3. The molecule has 1 aromatic carbocycles. The molecule has 0 bridgehead atoms. The van der Waals surface area contributed by atoms with E-state index >= 15 is 0 Å². The molecule has 1 aromatic heterocycles. The maximum absolute atomic E-state index is 12.6. The molecule has 1 amide bonds. The summed E-state index contributed by atoms with van der Waals surface area (Å²) in [6.07, 6.45) is 4.83. The third-order valence-corrected chi connectivity index (χ3v) is 4.97. The van der Waals surface area contributed by atoms with Gasteiger partial charge in [0.15, 0.2) is 0 Å². The topological polar surface area (TPSA) is 62.5 Å². The number of carbonyl (C=O) groups excluding carboxylic acids is 1. The van der Waals surface area contributed by atoms with Gasteiger partial charge in [-0.2, -0.15) is 0 Å². The molecule has 2 heterocycles. The van der Waals surface area contributed by atoms with Crippen molar-refractivity contribution < 1.29 is 4.79 Å². The number of anilines is 1. The van der Waals surface area contributed by atoms with Crippen molar-refractivity contribution in [3.8, 4) is 0 Å². The summed E-state index contributed by atoms with van der Waals surface area (Å²) in [5, 5.41) is 0. The lowest BCUT2D eigenvalue weighted by Gasteiger charge is -2.36. The van der Waals surface area contributed by atoms with E-state index in [4.69, 9.17) is 5.73 Å². The Labute approximate surface area is 149 Å². The van der Waals surface area contributed by atoms with Crippen LogP contribution in [0.3, 0.4) is 0 Å². The summed E-state index contributed by atoms with van der Waals surface area (Å²) in [6, 6.07) is 13.6. The molecule has 2 aromatic rings. The van der Waals surface area contributed by atoms with Gasteiger partial charge in [-0.15, -0.1) is 0 Å². The first-order chi connectivity index (χ1) is 12.1. The lowest BCUT2D eigenvalue weighted by Crippen LogP contribution is -2.46. The van der Waals surface area contributed by atoms with Crippen molar-refractivity contribution in [1.29, 1.82) is 0 Å². The monoisotopic (exact) mass is 338 g/mol. The van der Waals surface area contributed by atoms with Crippen LogP contribution in [0.1, 0.15) is 28.9 Å². The molecule has 0 spiro atoms. The predicted molar refractivity (Wildman–Crippen MR) is 100 cm³/mol. The third-order valence-electron chi connectivity index (χ3n) is 4.97. The van der Waals surface area contributed by atoms with Crippen molar-refractivity contribution in [3.05, 3.63) is 59.9 Å². The van der Waals surface area contributed by atoms with Gasteiger partial charge in [0, 0.05) is 62.3 Å². The highest BCUT2D eigenvalue weighted by Crippen LogP contribution is 2.18. The SMILES string of the molecule is CN(C(=O)c1cccc(N)c1)C1CCN(CCc2ccccn2)CC1. The zero-order valence-corrected chi connectivity index (χ0v) is 14.8. The van der Waals surface area contributed by atoms with E-state index in [1.165, 1.54) is 0 Å². The van der Waals surface area contributed by atoms with E-state index in [-0.39, 0.29) is 5.91 Å². The molecule has 1 saturated heterocycles. The molecular weight excluding hydrogens is 312 g/mol. The smallest absolute Gasteiger partial charge is 0.253 e. The lowest BCUT2D eigenvalue weighted by atomic mass is 10.0. The Kier molecular flexibility index (Phi) is 5.66. The third kappa shape index (κ3) is 4.57. The number of nitrogens with two attached hydrogens (primary N) is 1. The van der Waals surface area contributed by atoms with E-state index in [0.29, 0.717) is 17.3 Å². The first kappa shape index (κ1) is 17.4. The van der Waals surface area contributed by atoms with Crippen molar-refractivity contribution in [2.24, 2.45) is 0 Å². The second-order valence-electron chi connectivity index (χ2n) is 6.69. The Morgan fingerprint density at radius 3 is 2.72 bits per heavy atom. The molecule has 0 aliphatic carbocycles. The Balaban J connectivity index is 1.49. The van der Waals surface area contributed by atoms with Gasteiger partial charge in [0.1, 0.15) is 0 Å². The van der Waals surface area contributed by atoms with Crippen LogP contribution in [0, 0.1) is 0 Å². The normalized spacial score (nSPS) is 15.9. The number of rotatable bonds is 5. The zero-order chi connectivity index (χ0) is 17.6. The number of amides is 1. The van der Waals surface area contributed by atoms with Gasteiger partial charge in [0.2, 0.25) is 0 Å². The molecule has 132 valence electrons. The average Bonchev–Trinajstić information content (AvgIpc) is 2.66. The number of benzene rings is 1. The van der Waals surface area contributed by atoms with Gasteiger partial charge >= 0.3 is 0 Å². The molecule has 0 radical (unpaired) electrons. The number of pyridine rings is 1. The fraction of sp³-hybridized carbons (Fsp3) is 0.400. The van der Waals surface area contributed by atoms with E-state index in [0.717, 1.165) is 44.6 Å². The maximum Gasteiger partial charge on any atom is 0.253 e. The van der Waals surface area contributed by atoms with Gasteiger partial charge in [0.05, 0.1) is 0 Å². The highest BCUT2D eigenvalue weighted by atomic mass is 16.2. The number of hydrogen-bond acceptors (Lipinski definition) is 4. The van der Waals surface area contributed by atoms with Crippen molar-refractivity contribution in [2.45, 2.75) is 25.3 Å². The molecule has 1 aliphatic rings. The summed E-state index contributed by atoms with van der Waals surface area (Å²) < 4.78 is 0. The second-order valence-corrected chi connectivity index (χ2v) is 6.69. The average molecular weight is 338 g/mol. The first-order valence-electron chi connectivity index (χ1n) is 8.88. The Hall–Kier alpha value is -2.40. The second kappa shape index (κ2) is 8.12. The van der Waals surface area contributed by atoms with Gasteiger partial charge in [-0.25, -0.2) is 0 Å². The quantitative estimate of drug-likeness (QED) is 0.851. The van der Waals surface area contributed by atoms with E-state index in [1.807, 2.05) is 42.4 Å². The standard InChI is InChI=1S/C20H26N4O/c1-23(20(25)16-5-4-6-17(21)15-16)19-9-13-24(14-10-19)12-8-18-7-2-3-11-22-18/h2-7,11,15,19H,8-10,12-14,21H2,1H3. The van der Waals surface area contributed by atoms with Crippen LogP contribution in [-0.4, -0.2) is 53.4 Å². The summed E-state index contributed by atoms with van der Waals surface area (Å²) in [5.74, 6) is 0.0548. The Morgan fingerprint density at radius 1 is 1.24 bits per heavy atom. The minimum absolute atomic E-state index is 0.0548. The minimum Gasteiger partial charge on any atom is -0.399 e. The van der Waals surface area contributed by atoms with Gasteiger partial charge < -0.3 is 15.5 Å². The molecule has 0 saturated carbocycles. The molecule has 2 N–H and O–H groups in total. The van der Waals surface area contributed by atoms with Gasteiger partial charge in [-0.05, 0) is 43.2 Å². The zero-order valence-electron chi connectivity index (χ0n) is 14.8. The Bertz CT molecular complexity index is 696. The van der Waals surface area contributed by atoms with Gasteiger partial charge in [0.25, 0.3) is 5.91 Å². The van der Waals surface area contributed by atoms with Crippen LogP contribution < -0.4 is 5.73 Å². The number of piperidine rings is 1. The van der Waals surface area contributed by atoms with Crippen LogP contribution in [0.25, 0.3) is 0 Å². The van der Waals surface area contributed by atoms with Crippen LogP contribution >= 0.6 is 0 Å². The molecule has 0 unspecified atom stereocenters. The van der Waals surface area contributed by atoms with Crippen molar-refractivity contribution >= 4 is 11.6 Å². The predicted octanol–water partition coefficient (Wildman–Crippen LogP) is 2.44. The van der Waals surface area contributed by atoms with Crippen LogP contribution in [0.4, 0.5) is 5.69 Å². The lowest BCUT2D eigenvalue weighted by molar-refractivity contribution is 0.0643. The van der Waals surface area contributed by atoms with Crippen LogP contribution in [0.5, 0.6) is 0 Å². The number of aromatic nitrogens is 1. The van der Waals surface area contributed by atoms with Crippen molar-refractivity contribution in [2.75, 3.05) is 32.4 Å². The van der Waals surface area contributed by atoms with Crippen molar-refractivity contribution in [3.63, 3.8) is 0 Å². The van der Waals surface area contributed by atoms with Crippen LogP contribution in [0.2, 0.25) is 0 Å². The molecule has 5 heteroatoms.